The van der Waals surface area contributed by atoms with Crippen LogP contribution < -0.4 is 0 Å². The van der Waals surface area contributed by atoms with Gasteiger partial charge in [-0.15, -0.1) is 0 Å². The second-order valence-electron chi connectivity index (χ2n) is 7.47. The summed E-state index contributed by atoms with van der Waals surface area (Å²) in [5, 5.41) is 0. The summed E-state index contributed by atoms with van der Waals surface area (Å²) in [6, 6.07) is 1.64. The average molecular weight is 389 g/mol. The van der Waals surface area contributed by atoms with Gasteiger partial charge in [-0.1, -0.05) is 20.4 Å². The number of hydrogen-bond donors (Lipinski definition) is 0. The van der Waals surface area contributed by atoms with E-state index in [1.165, 1.54) is 18.4 Å². The van der Waals surface area contributed by atoms with Crippen molar-refractivity contribution in [2.45, 2.75) is 52.4 Å². The van der Waals surface area contributed by atoms with Crippen LogP contribution in [0.4, 0.5) is 0 Å². The Morgan fingerprint density at radius 3 is 2.64 bits per heavy atom. The Labute approximate surface area is 162 Å². The zero-order chi connectivity index (χ0) is 20.8. The van der Waals surface area contributed by atoms with Crippen LogP contribution in [0, 0.1) is 11.8 Å². The number of nitrogens with zero attached hydrogens (tertiary/aromatic N) is 1. The zero-order valence-electron chi connectivity index (χ0n) is 16.3. The SMILES string of the molecule is C=C1C(=O)O[C@H]2CC(=O)n3ccc(c32)COC(=O)[C@](C)(OC(C)=O)[C@@H](C)[C@@H]1C. The van der Waals surface area contributed by atoms with E-state index in [9.17, 15) is 19.2 Å². The van der Waals surface area contributed by atoms with Gasteiger partial charge in [-0.25, -0.2) is 9.59 Å². The van der Waals surface area contributed by atoms with Gasteiger partial charge in [0.2, 0.25) is 11.5 Å². The Hall–Kier alpha value is -2.90. The quantitative estimate of drug-likeness (QED) is 0.413. The molecule has 0 radical (unpaired) electrons. The summed E-state index contributed by atoms with van der Waals surface area (Å²) in [4.78, 5) is 49.4. The fourth-order valence-electron chi connectivity index (χ4n) is 3.71. The van der Waals surface area contributed by atoms with Crippen molar-refractivity contribution >= 4 is 23.8 Å². The summed E-state index contributed by atoms with van der Waals surface area (Å²) in [7, 11) is 0. The molecule has 0 amide bonds. The highest BCUT2D eigenvalue weighted by Gasteiger charge is 2.48. The molecule has 0 spiro atoms. The van der Waals surface area contributed by atoms with Gasteiger partial charge in [0, 0.05) is 30.2 Å². The van der Waals surface area contributed by atoms with Gasteiger partial charge >= 0.3 is 17.9 Å². The van der Waals surface area contributed by atoms with E-state index < -0.39 is 41.4 Å². The van der Waals surface area contributed by atoms with Gasteiger partial charge in [0.1, 0.15) is 6.61 Å². The Morgan fingerprint density at radius 1 is 1.32 bits per heavy atom. The summed E-state index contributed by atoms with van der Waals surface area (Å²) >= 11 is 0. The predicted octanol–water partition coefficient (Wildman–Crippen LogP) is 2.32. The van der Waals surface area contributed by atoms with Crippen LogP contribution in [0.5, 0.6) is 0 Å². The first-order valence-electron chi connectivity index (χ1n) is 9.06. The standard InChI is InChI=1S/C20H23NO7/c1-10-11(2)18(24)27-15-8-16(23)21-7-6-14(17(15)21)9-26-19(25)20(5,12(10)3)28-13(4)22/h6-7,10,12,15H,2,8-9H2,1,3-5H3/t10-,12+,15+,20-/m1/s1. The van der Waals surface area contributed by atoms with E-state index in [1.807, 2.05) is 0 Å². The second kappa shape index (κ2) is 6.92. The molecule has 0 unspecified atom stereocenters. The molecule has 0 bridgehead atoms. The van der Waals surface area contributed by atoms with Crippen LogP contribution in [0.25, 0.3) is 0 Å². The van der Waals surface area contributed by atoms with Crippen molar-refractivity contribution in [1.29, 1.82) is 0 Å². The van der Waals surface area contributed by atoms with Gasteiger partial charge in [0.05, 0.1) is 12.1 Å². The Balaban J connectivity index is 2.05. The summed E-state index contributed by atoms with van der Waals surface area (Å²) in [5.74, 6) is -3.41. The molecule has 0 N–H and O–H groups in total. The van der Waals surface area contributed by atoms with Gasteiger partial charge in [-0.05, 0) is 18.9 Å². The van der Waals surface area contributed by atoms with E-state index >= 15 is 0 Å². The lowest BCUT2D eigenvalue weighted by atomic mass is 9.77. The molecule has 3 rings (SSSR count). The molecular formula is C20H23NO7. The third-order valence-electron chi connectivity index (χ3n) is 5.75. The van der Waals surface area contributed by atoms with Crippen molar-refractivity contribution in [3.05, 3.63) is 35.7 Å². The molecule has 0 aliphatic carbocycles. The minimum Gasteiger partial charge on any atom is -0.458 e. The fourth-order valence-corrected chi connectivity index (χ4v) is 3.71. The molecule has 0 saturated heterocycles. The number of carbonyl (C=O) groups excluding carboxylic acids is 4. The summed E-state index contributed by atoms with van der Waals surface area (Å²) in [5.41, 5.74) is -0.465. The molecule has 0 saturated carbocycles. The number of ether oxygens (including phenoxy) is 3. The first-order valence-corrected chi connectivity index (χ1v) is 9.06. The Morgan fingerprint density at radius 2 is 2.00 bits per heavy atom. The van der Waals surface area contributed by atoms with Crippen molar-refractivity contribution < 1.29 is 33.4 Å². The van der Waals surface area contributed by atoms with Crippen LogP contribution in [0.1, 0.15) is 56.3 Å². The maximum atomic E-state index is 12.9. The van der Waals surface area contributed by atoms with Gasteiger partial charge in [0.25, 0.3) is 0 Å². The third kappa shape index (κ3) is 3.12. The highest BCUT2D eigenvalue weighted by molar-refractivity contribution is 5.91. The van der Waals surface area contributed by atoms with Gasteiger partial charge in [-0.2, -0.15) is 0 Å². The largest absolute Gasteiger partial charge is 0.458 e. The van der Waals surface area contributed by atoms with E-state index in [1.54, 1.807) is 26.1 Å². The lowest BCUT2D eigenvalue weighted by Gasteiger charge is -2.36. The van der Waals surface area contributed by atoms with Crippen LogP contribution in [0.2, 0.25) is 0 Å². The molecule has 1 aromatic heterocycles. The lowest BCUT2D eigenvalue weighted by molar-refractivity contribution is -0.188. The second-order valence-corrected chi connectivity index (χ2v) is 7.47. The van der Waals surface area contributed by atoms with Crippen LogP contribution in [0.15, 0.2) is 24.4 Å². The van der Waals surface area contributed by atoms with E-state index in [0.717, 1.165) is 0 Å². The molecule has 8 nitrogen and oxygen atoms in total. The maximum absolute atomic E-state index is 12.9. The van der Waals surface area contributed by atoms with E-state index in [-0.39, 0.29) is 24.5 Å². The molecule has 8 heteroatoms. The van der Waals surface area contributed by atoms with E-state index in [4.69, 9.17) is 14.2 Å². The monoisotopic (exact) mass is 389 g/mol. The molecule has 2 aliphatic heterocycles. The molecular weight excluding hydrogens is 366 g/mol. The predicted molar refractivity (Wildman–Crippen MR) is 95.9 cm³/mol. The molecule has 150 valence electrons. The maximum Gasteiger partial charge on any atom is 0.350 e. The molecule has 1 aromatic rings. The molecule has 28 heavy (non-hydrogen) atoms. The van der Waals surface area contributed by atoms with Gasteiger partial charge in [0.15, 0.2) is 6.10 Å². The fraction of sp³-hybridized carbons (Fsp3) is 0.500. The molecule has 3 heterocycles. The highest BCUT2D eigenvalue weighted by atomic mass is 16.6. The van der Waals surface area contributed by atoms with Crippen LogP contribution >= 0.6 is 0 Å². The third-order valence-corrected chi connectivity index (χ3v) is 5.75. The van der Waals surface area contributed by atoms with Crippen molar-refractivity contribution in [3.63, 3.8) is 0 Å². The Bertz CT molecular complexity index is 883. The first kappa shape index (κ1) is 19.9. The number of cyclic esters (lactones) is 1. The topological polar surface area (TPSA) is 101 Å². The average Bonchev–Trinajstić information content (AvgIpc) is 3.18. The molecule has 0 aromatic carbocycles. The number of hydrogen-bond acceptors (Lipinski definition) is 7. The minimum atomic E-state index is -1.62. The number of rotatable bonds is 1. The van der Waals surface area contributed by atoms with Gasteiger partial charge < -0.3 is 14.2 Å². The van der Waals surface area contributed by atoms with Crippen LogP contribution in [0.3, 0.4) is 0 Å². The summed E-state index contributed by atoms with van der Waals surface area (Å²) in [6.07, 6.45) is 0.812. The van der Waals surface area contributed by atoms with Crippen LogP contribution in [-0.4, -0.2) is 34.0 Å². The van der Waals surface area contributed by atoms with E-state index in [2.05, 4.69) is 6.58 Å². The molecule has 0 fully saturated rings. The van der Waals surface area contributed by atoms with Crippen molar-refractivity contribution in [3.8, 4) is 0 Å². The number of aromatic nitrogens is 1. The molecule has 2 aliphatic rings. The van der Waals surface area contributed by atoms with E-state index in [0.29, 0.717) is 11.3 Å². The van der Waals surface area contributed by atoms with Crippen LogP contribution in [-0.2, 0) is 35.2 Å². The smallest absolute Gasteiger partial charge is 0.350 e. The van der Waals surface area contributed by atoms with Crippen molar-refractivity contribution in [1.82, 2.24) is 4.57 Å². The summed E-state index contributed by atoms with van der Waals surface area (Å²) in [6.45, 7) is 9.71. The van der Waals surface area contributed by atoms with Gasteiger partial charge in [-0.3, -0.25) is 14.2 Å². The van der Waals surface area contributed by atoms with Crippen molar-refractivity contribution in [2.75, 3.05) is 0 Å². The Kier molecular flexibility index (Phi) is 4.91. The highest BCUT2D eigenvalue weighted by Crippen LogP contribution is 2.38. The lowest BCUT2D eigenvalue weighted by Crippen LogP contribution is -2.49. The zero-order valence-corrected chi connectivity index (χ0v) is 16.3. The normalized spacial score (nSPS) is 30.6. The number of esters is 3. The minimum absolute atomic E-state index is 0.0191. The first-order chi connectivity index (χ1) is 13.1. The summed E-state index contributed by atoms with van der Waals surface area (Å²) < 4.78 is 17.7. The number of carbonyl (C=O) groups is 4. The molecule has 4 atom stereocenters. The van der Waals surface area contributed by atoms with Crippen molar-refractivity contribution in [2.24, 2.45) is 11.8 Å².